The van der Waals surface area contributed by atoms with Crippen molar-refractivity contribution in [2.45, 2.75) is 0 Å². The van der Waals surface area contributed by atoms with Crippen LogP contribution in [-0.2, 0) is 4.79 Å². The summed E-state index contributed by atoms with van der Waals surface area (Å²) in [5.41, 5.74) is 8.42. The first-order valence-corrected chi connectivity index (χ1v) is 6.55. The van der Waals surface area contributed by atoms with Gasteiger partial charge in [-0.15, -0.1) is 0 Å². The van der Waals surface area contributed by atoms with E-state index in [1.807, 2.05) is 18.2 Å². The standard InChI is InChI=1S/C15H12Cl2N2O/c1-2-14(20)19-11-5-3-4-9(6-11)10-7-12(16)15(18)13(17)8-10/h2-8H,1,18H2,(H,19,20). The van der Waals surface area contributed by atoms with E-state index in [0.29, 0.717) is 21.4 Å². The molecule has 0 aliphatic heterocycles. The monoisotopic (exact) mass is 306 g/mol. The van der Waals surface area contributed by atoms with E-state index >= 15 is 0 Å². The number of carbonyl (C=O) groups is 1. The zero-order chi connectivity index (χ0) is 14.7. The van der Waals surface area contributed by atoms with Crippen molar-refractivity contribution in [1.82, 2.24) is 0 Å². The third-order valence-electron chi connectivity index (χ3n) is 2.73. The van der Waals surface area contributed by atoms with Gasteiger partial charge in [-0.2, -0.15) is 0 Å². The summed E-state index contributed by atoms with van der Waals surface area (Å²) in [7, 11) is 0. The minimum atomic E-state index is -0.268. The van der Waals surface area contributed by atoms with Crippen LogP contribution in [0.3, 0.4) is 0 Å². The van der Waals surface area contributed by atoms with E-state index in [4.69, 9.17) is 28.9 Å². The number of benzene rings is 2. The van der Waals surface area contributed by atoms with E-state index in [1.165, 1.54) is 6.08 Å². The van der Waals surface area contributed by atoms with Crippen LogP contribution in [0.1, 0.15) is 0 Å². The molecule has 102 valence electrons. The first kappa shape index (κ1) is 14.4. The van der Waals surface area contributed by atoms with Gasteiger partial charge in [-0.3, -0.25) is 4.79 Å². The Morgan fingerprint density at radius 1 is 1.15 bits per heavy atom. The van der Waals surface area contributed by atoms with Crippen molar-refractivity contribution in [3.05, 3.63) is 59.1 Å². The summed E-state index contributed by atoms with van der Waals surface area (Å²) in [6.07, 6.45) is 1.21. The Labute approximate surface area is 127 Å². The van der Waals surface area contributed by atoms with Crippen molar-refractivity contribution < 1.29 is 4.79 Å². The first-order chi connectivity index (χ1) is 9.51. The summed E-state index contributed by atoms with van der Waals surface area (Å²) in [4.78, 5) is 11.3. The van der Waals surface area contributed by atoms with Gasteiger partial charge in [0.2, 0.25) is 5.91 Å². The van der Waals surface area contributed by atoms with Gasteiger partial charge < -0.3 is 11.1 Å². The molecule has 3 nitrogen and oxygen atoms in total. The van der Waals surface area contributed by atoms with Crippen molar-refractivity contribution in [2.24, 2.45) is 0 Å². The zero-order valence-electron chi connectivity index (χ0n) is 10.5. The van der Waals surface area contributed by atoms with Crippen molar-refractivity contribution in [3.8, 4) is 11.1 Å². The molecule has 0 spiro atoms. The largest absolute Gasteiger partial charge is 0.396 e. The van der Waals surface area contributed by atoms with Gasteiger partial charge >= 0.3 is 0 Å². The molecule has 0 bridgehead atoms. The maximum absolute atomic E-state index is 11.3. The molecule has 0 saturated heterocycles. The zero-order valence-corrected chi connectivity index (χ0v) is 12.0. The smallest absolute Gasteiger partial charge is 0.247 e. The molecular weight excluding hydrogens is 295 g/mol. The maximum Gasteiger partial charge on any atom is 0.247 e. The third-order valence-corrected chi connectivity index (χ3v) is 3.35. The summed E-state index contributed by atoms with van der Waals surface area (Å²) >= 11 is 12.0. The highest BCUT2D eigenvalue weighted by Crippen LogP contribution is 2.34. The van der Waals surface area contributed by atoms with Crippen molar-refractivity contribution in [2.75, 3.05) is 11.1 Å². The summed E-state index contributed by atoms with van der Waals surface area (Å²) in [5.74, 6) is -0.268. The number of hydrogen-bond acceptors (Lipinski definition) is 2. The van der Waals surface area contributed by atoms with Crippen LogP contribution in [0, 0.1) is 0 Å². The van der Waals surface area contributed by atoms with Gasteiger partial charge in [0.05, 0.1) is 15.7 Å². The lowest BCUT2D eigenvalue weighted by atomic mass is 10.0. The quantitative estimate of drug-likeness (QED) is 0.653. The van der Waals surface area contributed by atoms with E-state index in [2.05, 4.69) is 11.9 Å². The van der Waals surface area contributed by atoms with Gasteiger partial charge in [-0.05, 0) is 41.5 Å². The molecule has 0 heterocycles. The second-order valence-corrected chi connectivity index (χ2v) is 4.94. The minimum Gasteiger partial charge on any atom is -0.396 e. The number of carbonyl (C=O) groups excluding carboxylic acids is 1. The highest BCUT2D eigenvalue weighted by Gasteiger charge is 2.07. The topological polar surface area (TPSA) is 55.1 Å². The molecule has 0 atom stereocenters. The molecule has 1 amide bonds. The van der Waals surface area contributed by atoms with Crippen LogP contribution in [0.4, 0.5) is 11.4 Å². The SMILES string of the molecule is C=CC(=O)Nc1cccc(-c2cc(Cl)c(N)c(Cl)c2)c1. The number of nitrogens with two attached hydrogens (primary N) is 1. The van der Waals surface area contributed by atoms with E-state index in [-0.39, 0.29) is 5.91 Å². The minimum absolute atomic E-state index is 0.268. The van der Waals surface area contributed by atoms with Crippen LogP contribution in [0.15, 0.2) is 49.1 Å². The van der Waals surface area contributed by atoms with E-state index in [1.54, 1.807) is 18.2 Å². The Balaban J connectivity index is 2.40. The van der Waals surface area contributed by atoms with E-state index in [0.717, 1.165) is 11.1 Å². The van der Waals surface area contributed by atoms with Gasteiger partial charge in [0.15, 0.2) is 0 Å². The molecule has 3 N–H and O–H groups in total. The van der Waals surface area contributed by atoms with Crippen molar-refractivity contribution >= 4 is 40.5 Å². The molecule has 2 rings (SSSR count). The van der Waals surface area contributed by atoms with Crippen LogP contribution in [0.25, 0.3) is 11.1 Å². The molecular formula is C15H12Cl2N2O. The Bertz CT molecular complexity index is 660. The molecule has 0 fully saturated rings. The summed E-state index contributed by atoms with van der Waals surface area (Å²) in [5, 5.41) is 3.49. The lowest BCUT2D eigenvalue weighted by Crippen LogP contribution is -2.06. The highest BCUT2D eigenvalue weighted by atomic mass is 35.5. The second-order valence-electron chi connectivity index (χ2n) is 4.13. The molecule has 2 aromatic carbocycles. The Morgan fingerprint density at radius 3 is 2.40 bits per heavy atom. The average molecular weight is 307 g/mol. The van der Waals surface area contributed by atoms with Gasteiger partial charge in [0.1, 0.15) is 0 Å². The Hall–Kier alpha value is -1.97. The molecule has 0 aliphatic carbocycles. The molecule has 20 heavy (non-hydrogen) atoms. The lowest BCUT2D eigenvalue weighted by Gasteiger charge is -2.09. The Kier molecular flexibility index (Phi) is 4.32. The van der Waals surface area contributed by atoms with Crippen LogP contribution in [0.5, 0.6) is 0 Å². The predicted octanol–water partition coefficient (Wildman–Crippen LogP) is 4.37. The number of anilines is 2. The first-order valence-electron chi connectivity index (χ1n) is 5.79. The maximum atomic E-state index is 11.3. The fourth-order valence-electron chi connectivity index (χ4n) is 1.72. The van der Waals surface area contributed by atoms with Crippen molar-refractivity contribution in [3.63, 3.8) is 0 Å². The molecule has 0 aromatic heterocycles. The molecule has 0 saturated carbocycles. The molecule has 0 aliphatic rings. The number of halogens is 2. The predicted molar refractivity (Wildman–Crippen MR) is 85.1 cm³/mol. The van der Waals surface area contributed by atoms with E-state index < -0.39 is 0 Å². The van der Waals surface area contributed by atoms with Gasteiger partial charge in [-0.25, -0.2) is 0 Å². The fourth-order valence-corrected chi connectivity index (χ4v) is 2.21. The fraction of sp³-hybridized carbons (Fsp3) is 0. The number of nitrogens with one attached hydrogen (secondary N) is 1. The lowest BCUT2D eigenvalue weighted by molar-refractivity contribution is -0.111. The molecule has 2 aromatic rings. The van der Waals surface area contributed by atoms with Crippen LogP contribution in [-0.4, -0.2) is 5.91 Å². The number of nitrogen functional groups attached to an aromatic ring is 1. The average Bonchev–Trinajstić information content (AvgIpc) is 2.44. The third kappa shape index (κ3) is 3.13. The molecule has 0 unspecified atom stereocenters. The van der Waals surface area contributed by atoms with Crippen LogP contribution in [0.2, 0.25) is 10.0 Å². The number of amides is 1. The molecule has 5 heteroatoms. The number of hydrogen-bond donors (Lipinski definition) is 2. The Morgan fingerprint density at radius 2 is 1.80 bits per heavy atom. The summed E-state index contributed by atoms with van der Waals surface area (Å²) < 4.78 is 0. The van der Waals surface area contributed by atoms with Crippen LogP contribution < -0.4 is 11.1 Å². The van der Waals surface area contributed by atoms with Gasteiger partial charge in [-0.1, -0.05) is 41.9 Å². The second kappa shape index (κ2) is 5.99. The normalized spacial score (nSPS) is 10.1. The summed E-state index contributed by atoms with van der Waals surface area (Å²) in [6.45, 7) is 3.41. The highest BCUT2D eigenvalue weighted by molar-refractivity contribution is 6.39. The van der Waals surface area contributed by atoms with Crippen molar-refractivity contribution in [1.29, 1.82) is 0 Å². The van der Waals surface area contributed by atoms with Crippen LogP contribution >= 0.6 is 23.2 Å². The molecule has 0 radical (unpaired) electrons. The van der Waals surface area contributed by atoms with E-state index in [9.17, 15) is 4.79 Å². The van der Waals surface area contributed by atoms with Gasteiger partial charge in [0.25, 0.3) is 0 Å². The van der Waals surface area contributed by atoms with Gasteiger partial charge in [0, 0.05) is 5.69 Å². The summed E-state index contributed by atoms with van der Waals surface area (Å²) in [6, 6.07) is 10.8. The number of rotatable bonds is 3.